The first kappa shape index (κ1) is 66.5. The van der Waals surface area contributed by atoms with Crippen LogP contribution in [0.4, 0.5) is 0 Å². The zero-order valence-corrected chi connectivity index (χ0v) is 46.4. The lowest BCUT2D eigenvalue weighted by atomic mass is 10.1. The van der Waals surface area contributed by atoms with Crippen molar-refractivity contribution >= 4 is 53.2 Å². The molecule has 0 bridgehead atoms. The number of carbonyl (C=O) groups excluding carboxylic acids is 5. The van der Waals surface area contributed by atoms with E-state index in [0.29, 0.717) is 45.3 Å². The Hall–Kier alpha value is -4.46. The summed E-state index contributed by atoms with van der Waals surface area (Å²) in [6, 6.07) is 31.4. The number of benzene rings is 3. The number of rotatable bonds is 34. The molecule has 2 unspecified atom stereocenters. The van der Waals surface area contributed by atoms with Gasteiger partial charge in [-0.05, 0) is 68.2 Å². The van der Waals surface area contributed by atoms with Crippen LogP contribution in [0.2, 0.25) is 0 Å². The predicted molar refractivity (Wildman–Crippen MR) is 283 cm³/mol. The van der Waals surface area contributed by atoms with Crippen molar-refractivity contribution < 1.29 is 69.4 Å². The van der Waals surface area contributed by atoms with Gasteiger partial charge < -0.3 is 60.8 Å². The van der Waals surface area contributed by atoms with Gasteiger partial charge in [0.25, 0.3) is 0 Å². The molecule has 2 N–H and O–H groups in total. The van der Waals surface area contributed by atoms with E-state index in [2.05, 4.69) is 115 Å². The number of amides is 2. The van der Waals surface area contributed by atoms with Gasteiger partial charge >= 0.3 is 11.9 Å². The number of hydrogen-bond donors (Lipinski definition) is 2. The van der Waals surface area contributed by atoms with Crippen LogP contribution in [0.3, 0.4) is 0 Å². The maximum absolute atomic E-state index is 11.2. The molecule has 398 valence electrons. The van der Waals surface area contributed by atoms with Crippen LogP contribution in [0.5, 0.6) is 0 Å². The highest BCUT2D eigenvalue weighted by atomic mass is 79.9. The van der Waals surface area contributed by atoms with Gasteiger partial charge in [0.15, 0.2) is 6.35 Å². The van der Waals surface area contributed by atoms with Gasteiger partial charge in [-0.2, -0.15) is 0 Å². The Morgan fingerprint density at radius 3 is 1.27 bits per heavy atom. The number of nitrogens with one attached hydrogen (secondary N) is 2. The lowest BCUT2D eigenvalue weighted by Crippen LogP contribution is -3.00. The molecule has 0 spiro atoms. The topological polar surface area (TPSA) is 165 Å². The number of unbranched alkanes of at least 4 members (excludes halogenated alkanes) is 8. The molecule has 0 aliphatic rings. The maximum Gasteiger partial charge on any atom is 0.302 e. The predicted octanol–water partition coefficient (Wildman–Crippen LogP) is 6.33. The second-order valence-electron chi connectivity index (χ2n) is 17.1. The van der Waals surface area contributed by atoms with Gasteiger partial charge in [-0.15, -0.1) is 0 Å². The first-order chi connectivity index (χ1) is 33.9. The average molecular weight is 1070 g/mol. The van der Waals surface area contributed by atoms with Gasteiger partial charge in [-0.25, -0.2) is 0 Å². The zero-order chi connectivity index (χ0) is 51.7. The maximum atomic E-state index is 11.2. The number of hydrogen-bond acceptors (Lipinski definition) is 11. The molecule has 3 aromatic rings. The van der Waals surface area contributed by atoms with E-state index in [0.717, 1.165) is 32.1 Å². The van der Waals surface area contributed by atoms with Gasteiger partial charge in [-0.3, -0.25) is 19.2 Å². The molecule has 0 radical (unpaired) electrons. The highest BCUT2D eigenvalue weighted by Crippen LogP contribution is 2.55. The highest BCUT2D eigenvalue weighted by Gasteiger charge is 2.45. The van der Waals surface area contributed by atoms with E-state index in [1.54, 1.807) is 20.3 Å². The molecule has 0 fully saturated rings. The van der Waals surface area contributed by atoms with Crippen molar-refractivity contribution in [2.75, 3.05) is 47.0 Å². The third-order valence-corrected chi connectivity index (χ3v) is 15.2. The molecule has 0 saturated carbocycles. The monoisotopic (exact) mass is 1070 g/mol. The van der Waals surface area contributed by atoms with Crippen molar-refractivity contribution in [3.63, 3.8) is 0 Å². The lowest BCUT2D eigenvalue weighted by Gasteiger charge is -2.26. The van der Waals surface area contributed by atoms with Crippen LogP contribution < -0.4 is 43.5 Å². The van der Waals surface area contributed by atoms with E-state index in [1.807, 2.05) is 0 Å². The summed E-state index contributed by atoms with van der Waals surface area (Å²) >= 11 is 0. The van der Waals surface area contributed by atoms with E-state index >= 15 is 0 Å². The quantitative estimate of drug-likeness (QED) is 0.0226. The Balaban J connectivity index is 0.00000103. The van der Waals surface area contributed by atoms with E-state index in [-0.39, 0.29) is 65.6 Å². The van der Waals surface area contributed by atoms with E-state index in [1.165, 1.54) is 94.8 Å². The molecule has 2 amide bonds. The summed E-state index contributed by atoms with van der Waals surface area (Å²) < 4.78 is 32.3. The number of methoxy groups -OCH3 is 2. The summed E-state index contributed by atoms with van der Waals surface area (Å²) in [6.45, 7) is 11.4. The molecule has 4 atom stereocenters. The molecule has 0 saturated heterocycles. The molecule has 0 heterocycles. The van der Waals surface area contributed by atoms with Crippen molar-refractivity contribution in [2.45, 2.75) is 156 Å². The smallest absolute Gasteiger partial charge is 0.302 e. The van der Waals surface area contributed by atoms with Gasteiger partial charge in [0, 0.05) is 47.6 Å². The molecule has 13 nitrogen and oxygen atoms in total. The van der Waals surface area contributed by atoms with Crippen LogP contribution in [0.15, 0.2) is 103 Å². The van der Waals surface area contributed by atoms with Gasteiger partial charge in [0.2, 0.25) is 11.8 Å². The first-order valence-corrected chi connectivity index (χ1v) is 27.1. The van der Waals surface area contributed by atoms with Gasteiger partial charge in [0.05, 0.1) is 45.8 Å². The summed E-state index contributed by atoms with van der Waals surface area (Å²) in [5.74, 6) is -0.930. The summed E-state index contributed by atoms with van der Waals surface area (Å²) in [5.41, 5.74) is 0. The second-order valence-corrected chi connectivity index (χ2v) is 20.6. The fraction of sp³-hybridized carbons (Fsp3) is 0.554. The Labute approximate surface area is 437 Å². The van der Waals surface area contributed by atoms with Gasteiger partial charge in [-0.1, -0.05) is 120 Å². The molecule has 0 aliphatic heterocycles. The molecule has 71 heavy (non-hydrogen) atoms. The van der Waals surface area contributed by atoms with E-state index in [9.17, 15) is 24.0 Å². The largest absolute Gasteiger partial charge is 1.00 e. The van der Waals surface area contributed by atoms with Crippen LogP contribution in [-0.2, 0) is 52.4 Å². The molecule has 3 aromatic carbocycles. The minimum absolute atomic E-state index is 0. The Morgan fingerprint density at radius 1 is 0.549 bits per heavy atom. The third-order valence-electron chi connectivity index (χ3n) is 11.0. The van der Waals surface area contributed by atoms with Crippen LogP contribution >= 0.6 is 7.26 Å². The number of carbonyl (C=O) groups is 5. The number of halogens is 1. The Kier molecular flexibility index (Phi) is 40.4. The minimum atomic E-state index is -1.78. The minimum Gasteiger partial charge on any atom is -1.00 e. The van der Waals surface area contributed by atoms with Crippen LogP contribution in [0.25, 0.3) is 0 Å². The Morgan fingerprint density at radius 2 is 0.930 bits per heavy atom. The van der Waals surface area contributed by atoms with Crippen molar-refractivity contribution in [1.29, 1.82) is 0 Å². The Bertz CT molecular complexity index is 1750. The summed E-state index contributed by atoms with van der Waals surface area (Å²) in [7, 11) is 1.57. The molecule has 3 rings (SSSR count). The third kappa shape index (κ3) is 31.6. The van der Waals surface area contributed by atoms with E-state index < -0.39 is 13.3 Å². The second kappa shape index (κ2) is 43.2. The molecule has 15 heteroatoms. The SMILES string of the molecule is CCCCCCCC(CCOCC(/C=C/OC)NC(C)=O)OC(C)=O.CCCCCCC[C@H](CCOC[C@H](C=O)NC(C)=O)OC(C)=O.COC[P+](c1ccccc1)(c1ccccc1)c1ccccc1.[Br-]. The number of esters is 2. The van der Waals surface area contributed by atoms with Crippen molar-refractivity contribution in [2.24, 2.45) is 0 Å². The highest BCUT2D eigenvalue weighted by molar-refractivity contribution is 7.95. The molecular formula is C56H86BrN2O11P. The van der Waals surface area contributed by atoms with E-state index in [4.69, 9.17) is 28.4 Å². The van der Waals surface area contributed by atoms with Crippen LogP contribution in [0.1, 0.15) is 131 Å². The van der Waals surface area contributed by atoms with Crippen LogP contribution in [0, 0.1) is 0 Å². The standard InChI is InChI=1S/C20H20OP.C19H35NO5.C17H31NO5.BrH/c1-21-17-22(18-11-5-2-6-12-18,19-13-7-3-8-14-19)20-15-9-4-10-16-20;1-5-6-7-8-9-10-19(25-17(3)22)12-14-24-15-18(11-13-23-4)20-16(2)21;1-4-5-6-7-8-9-17(23-15(3)21)10-11-22-13-16(12-19)18-14(2)20;/h2-16H,17H2,1H3;11,13,18-19H,5-10,12,14-15H2,1-4H3,(H,20,21);12,16-17H,4-11,13H2,1-3H3,(H,18,20);1H/q+1;;;/p-1/b;13-11+;;/t;;16-,17+;/m..0./s1. The first-order valence-electron chi connectivity index (χ1n) is 25.1. The normalized spacial score (nSPS) is 12.5. The van der Waals surface area contributed by atoms with Crippen molar-refractivity contribution in [3.8, 4) is 0 Å². The lowest BCUT2D eigenvalue weighted by molar-refractivity contribution is -0.148. The summed E-state index contributed by atoms with van der Waals surface area (Å²) in [5, 5.41) is 9.33. The van der Waals surface area contributed by atoms with Gasteiger partial charge in [0.1, 0.15) is 47.7 Å². The summed E-state index contributed by atoms with van der Waals surface area (Å²) in [6.07, 6.45) is 19.0. The number of ether oxygens (including phenoxy) is 6. The summed E-state index contributed by atoms with van der Waals surface area (Å²) in [4.78, 5) is 55.2. The van der Waals surface area contributed by atoms with Crippen molar-refractivity contribution in [1.82, 2.24) is 10.6 Å². The zero-order valence-electron chi connectivity index (χ0n) is 44.0. The fourth-order valence-electron chi connectivity index (χ4n) is 7.66. The average Bonchev–Trinajstić information content (AvgIpc) is 3.34. The molecule has 0 aliphatic carbocycles. The fourth-order valence-corrected chi connectivity index (χ4v) is 11.4. The van der Waals surface area contributed by atoms with Crippen molar-refractivity contribution in [3.05, 3.63) is 103 Å². The molecular weight excluding hydrogens is 987 g/mol. The molecule has 0 aromatic heterocycles. The van der Waals surface area contributed by atoms with Crippen LogP contribution in [-0.4, -0.2) is 101 Å². The number of aldehydes is 1.